The summed E-state index contributed by atoms with van der Waals surface area (Å²) < 4.78 is 68.8. The van der Waals surface area contributed by atoms with Crippen LogP contribution >= 0.6 is 15.6 Å². The number of esters is 4. The normalized spacial score (nSPS) is 14.0. The molecule has 0 fully saturated rings. The maximum Gasteiger partial charge on any atom is 0.472 e. The first-order chi connectivity index (χ1) is 50.6. The number of hydrogen-bond donors (Lipinski definition) is 3. The molecule has 0 radical (unpaired) electrons. The summed E-state index contributed by atoms with van der Waals surface area (Å²) in [5, 5.41) is 10.7. The average molecular weight is 1520 g/mol. The Morgan fingerprint density at radius 3 is 0.683 bits per heavy atom. The molecule has 0 aromatic carbocycles. The predicted octanol–water partition coefficient (Wildman–Crippen LogP) is 26.0. The van der Waals surface area contributed by atoms with E-state index in [4.69, 9.17) is 37.0 Å². The second-order valence-electron chi connectivity index (χ2n) is 30.8. The Bertz CT molecular complexity index is 1980. The lowest BCUT2D eigenvalue weighted by Gasteiger charge is -2.21. The van der Waals surface area contributed by atoms with Gasteiger partial charge in [-0.05, 0) is 31.6 Å². The Morgan fingerprint density at radius 2 is 0.462 bits per heavy atom. The molecule has 0 aliphatic carbocycles. The number of aliphatic hydroxyl groups excluding tert-OH is 1. The number of rotatable bonds is 85. The van der Waals surface area contributed by atoms with E-state index in [-0.39, 0.29) is 25.7 Å². The number of hydrogen-bond acceptors (Lipinski definition) is 15. The van der Waals surface area contributed by atoms with Crippen molar-refractivity contribution in [2.24, 2.45) is 5.92 Å². The van der Waals surface area contributed by atoms with E-state index in [1.165, 1.54) is 283 Å². The van der Waals surface area contributed by atoms with Gasteiger partial charge in [-0.2, -0.15) is 0 Å². The van der Waals surface area contributed by atoms with E-state index in [2.05, 4.69) is 34.6 Å². The van der Waals surface area contributed by atoms with Gasteiger partial charge in [-0.25, -0.2) is 9.13 Å². The first-order valence-corrected chi connectivity index (χ1v) is 47.2. The van der Waals surface area contributed by atoms with Crippen molar-refractivity contribution in [1.82, 2.24) is 0 Å². The van der Waals surface area contributed by atoms with Gasteiger partial charge in [-0.1, -0.05) is 407 Å². The second-order valence-corrected chi connectivity index (χ2v) is 33.7. The lowest BCUT2D eigenvalue weighted by molar-refractivity contribution is -0.161. The van der Waals surface area contributed by atoms with Crippen LogP contribution in [0.1, 0.15) is 458 Å². The van der Waals surface area contributed by atoms with Crippen LogP contribution in [0.15, 0.2) is 0 Å². The number of carbonyl (C=O) groups is 4. The van der Waals surface area contributed by atoms with Crippen molar-refractivity contribution in [3.63, 3.8) is 0 Å². The summed E-state index contributed by atoms with van der Waals surface area (Å²) in [6, 6.07) is 0. The molecule has 3 unspecified atom stereocenters. The molecule has 0 aromatic rings. The fourth-order valence-electron chi connectivity index (χ4n) is 13.3. The van der Waals surface area contributed by atoms with Gasteiger partial charge >= 0.3 is 39.5 Å². The van der Waals surface area contributed by atoms with Gasteiger partial charge in [0.15, 0.2) is 12.2 Å². The SMILES string of the molecule is CCCCCCCCCCCCCCCCCCCCCCC(=O)OC[C@H](COP(=O)(O)OC[C@@H](O)COP(=O)(O)OC[C@@H](COC(=O)CCCCCCCCCCCC)OC(=O)CCCCCCCCCCCCC(C)CC)OC(=O)CCCCCCCCCCCCCCCCCCCCCC. The highest BCUT2D eigenvalue weighted by Gasteiger charge is 2.30. The zero-order chi connectivity index (χ0) is 76.2. The van der Waals surface area contributed by atoms with E-state index in [0.29, 0.717) is 25.7 Å². The molecule has 104 heavy (non-hydrogen) atoms. The minimum absolute atomic E-state index is 0.107. The van der Waals surface area contributed by atoms with E-state index < -0.39 is 97.5 Å². The minimum Gasteiger partial charge on any atom is -0.462 e. The van der Waals surface area contributed by atoms with Crippen molar-refractivity contribution in [3.8, 4) is 0 Å². The van der Waals surface area contributed by atoms with Crippen LogP contribution in [0.5, 0.6) is 0 Å². The van der Waals surface area contributed by atoms with E-state index in [0.717, 1.165) is 95.8 Å². The number of phosphoric ester groups is 2. The molecule has 0 aliphatic rings. The smallest absolute Gasteiger partial charge is 0.462 e. The molecular formula is C85H166O17P2. The van der Waals surface area contributed by atoms with E-state index in [1.54, 1.807) is 0 Å². The highest BCUT2D eigenvalue weighted by molar-refractivity contribution is 7.47. The van der Waals surface area contributed by atoms with Crippen molar-refractivity contribution in [3.05, 3.63) is 0 Å². The maximum absolute atomic E-state index is 13.1. The van der Waals surface area contributed by atoms with Gasteiger partial charge < -0.3 is 33.8 Å². The minimum atomic E-state index is -4.96. The number of ether oxygens (including phenoxy) is 4. The topological polar surface area (TPSA) is 237 Å². The lowest BCUT2D eigenvalue weighted by Crippen LogP contribution is -2.30. The molecule has 0 heterocycles. The van der Waals surface area contributed by atoms with Gasteiger partial charge in [0.25, 0.3) is 0 Å². The molecule has 6 atom stereocenters. The van der Waals surface area contributed by atoms with Crippen LogP contribution in [0.25, 0.3) is 0 Å². The number of unbranched alkanes of at least 4 members (excludes halogenated alkanes) is 56. The van der Waals surface area contributed by atoms with Crippen LogP contribution in [-0.2, 0) is 65.4 Å². The molecule has 0 spiro atoms. The Hall–Kier alpha value is -1.94. The van der Waals surface area contributed by atoms with E-state index >= 15 is 0 Å². The van der Waals surface area contributed by atoms with Gasteiger partial charge in [-0.15, -0.1) is 0 Å². The first kappa shape index (κ1) is 102. The predicted molar refractivity (Wildman–Crippen MR) is 428 cm³/mol. The summed E-state index contributed by atoms with van der Waals surface area (Å²) in [6.45, 7) is 7.37. The molecule has 19 heteroatoms. The molecule has 0 aromatic heterocycles. The zero-order valence-corrected chi connectivity index (χ0v) is 70.0. The van der Waals surface area contributed by atoms with Crippen LogP contribution in [0.3, 0.4) is 0 Å². The van der Waals surface area contributed by atoms with Crippen molar-refractivity contribution in [2.75, 3.05) is 39.6 Å². The molecule has 0 aliphatic heterocycles. The third-order valence-electron chi connectivity index (χ3n) is 20.4. The average Bonchev–Trinajstić information content (AvgIpc) is 0.909. The quantitative estimate of drug-likeness (QED) is 0.0222. The molecule has 618 valence electrons. The Morgan fingerprint density at radius 1 is 0.269 bits per heavy atom. The molecule has 0 bridgehead atoms. The van der Waals surface area contributed by atoms with Crippen LogP contribution in [0.2, 0.25) is 0 Å². The van der Waals surface area contributed by atoms with Crippen LogP contribution in [0.4, 0.5) is 0 Å². The number of phosphoric acid groups is 2. The van der Waals surface area contributed by atoms with Crippen molar-refractivity contribution in [1.29, 1.82) is 0 Å². The molecule has 17 nitrogen and oxygen atoms in total. The standard InChI is InChI=1S/C85H166O17P2/c1-6-10-13-16-19-22-25-27-29-31-33-35-37-39-41-43-49-54-59-64-69-83(88)96-75-81(101-84(89)70-65-60-55-50-44-42-40-38-36-34-32-30-28-26-23-20-17-14-11-7-2)77-100-104(93,94)98-73-79(86)72-97-103(91,92)99-76-80(74-95-82(87)68-63-58-53-48-24-21-18-15-12-8-3)102-85(90)71-66-61-56-51-46-45-47-52-57-62-67-78(5)9-4/h78-81,86H,6-77H2,1-5H3,(H,91,92)(H,93,94)/t78?,79-,80+,81+/m0/s1. The summed E-state index contributed by atoms with van der Waals surface area (Å²) in [5.41, 5.74) is 0. The van der Waals surface area contributed by atoms with Gasteiger partial charge in [0.2, 0.25) is 0 Å². The molecule has 0 rings (SSSR count). The molecule has 0 saturated heterocycles. The van der Waals surface area contributed by atoms with Crippen LogP contribution < -0.4 is 0 Å². The molecule has 0 amide bonds. The fourth-order valence-corrected chi connectivity index (χ4v) is 14.8. The molecule has 3 N–H and O–H groups in total. The highest BCUT2D eigenvalue weighted by Crippen LogP contribution is 2.45. The van der Waals surface area contributed by atoms with Crippen LogP contribution in [0, 0.1) is 5.92 Å². The summed E-state index contributed by atoms with van der Waals surface area (Å²) in [5.74, 6) is -1.30. The number of carbonyl (C=O) groups excluding carboxylic acids is 4. The lowest BCUT2D eigenvalue weighted by atomic mass is 9.99. The van der Waals surface area contributed by atoms with Crippen LogP contribution in [-0.4, -0.2) is 96.7 Å². The van der Waals surface area contributed by atoms with Crippen molar-refractivity contribution >= 4 is 39.5 Å². The van der Waals surface area contributed by atoms with E-state index in [9.17, 15) is 43.2 Å². The van der Waals surface area contributed by atoms with E-state index in [1.807, 2.05) is 0 Å². The van der Waals surface area contributed by atoms with Gasteiger partial charge in [-0.3, -0.25) is 37.3 Å². The third-order valence-corrected chi connectivity index (χ3v) is 22.3. The Balaban J connectivity index is 5.22. The summed E-state index contributed by atoms with van der Waals surface area (Å²) in [7, 11) is -9.92. The third kappa shape index (κ3) is 76.8. The first-order valence-electron chi connectivity index (χ1n) is 44.2. The van der Waals surface area contributed by atoms with Crippen molar-refractivity contribution in [2.45, 2.75) is 477 Å². The summed E-state index contributed by atoms with van der Waals surface area (Å²) >= 11 is 0. The maximum atomic E-state index is 13.1. The van der Waals surface area contributed by atoms with Crippen molar-refractivity contribution < 1.29 is 80.2 Å². The van der Waals surface area contributed by atoms with Gasteiger partial charge in [0, 0.05) is 25.7 Å². The zero-order valence-electron chi connectivity index (χ0n) is 68.2. The molecule has 0 saturated carbocycles. The molecular weight excluding hydrogens is 1350 g/mol. The summed E-state index contributed by atoms with van der Waals surface area (Å²) in [6.07, 6.45) is 70.8. The second kappa shape index (κ2) is 77.8. The summed E-state index contributed by atoms with van der Waals surface area (Å²) in [4.78, 5) is 73.1. The van der Waals surface area contributed by atoms with Gasteiger partial charge in [0.05, 0.1) is 26.4 Å². The number of aliphatic hydroxyl groups is 1. The highest BCUT2D eigenvalue weighted by atomic mass is 31.2. The fraction of sp³-hybridized carbons (Fsp3) is 0.953. The Kier molecular flexibility index (Phi) is 76.3. The Labute approximate surface area is 638 Å². The monoisotopic (exact) mass is 1520 g/mol. The van der Waals surface area contributed by atoms with Gasteiger partial charge in [0.1, 0.15) is 19.3 Å². The largest absolute Gasteiger partial charge is 0.472 e.